The molecule has 0 aliphatic carbocycles. The summed E-state index contributed by atoms with van der Waals surface area (Å²) >= 11 is 0. The maximum Gasteiger partial charge on any atom is 0.244 e. The Morgan fingerprint density at radius 2 is 1.57 bits per heavy atom. The Hall–Kier alpha value is -3.92. The first-order valence-corrected chi connectivity index (χ1v) is 14.9. The molecule has 0 saturated carbocycles. The topological polar surface area (TPSA) is 96.0 Å². The molecule has 0 saturated heterocycles. The standard InChI is InChI=1S/C30H36FN3O5S/c1-5-22(2)32-30(36)23(3)33(19-25-13-9-10-14-28(25)31)29(35)20-34(40(4,37)38)26-15-17-27(18-16-26)39-21-24-11-7-6-8-12-24/h6-18,22-23H,5,19-21H2,1-4H3,(H,32,36)/t22-,23-/m1/s1. The van der Waals surface area contributed by atoms with E-state index in [9.17, 15) is 22.4 Å². The number of carbonyl (C=O) groups excluding carboxylic acids is 2. The van der Waals surface area contributed by atoms with E-state index < -0.39 is 40.2 Å². The number of hydrogen-bond donors (Lipinski definition) is 1. The minimum absolute atomic E-state index is 0.129. The van der Waals surface area contributed by atoms with E-state index in [0.717, 1.165) is 16.1 Å². The highest BCUT2D eigenvalue weighted by Gasteiger charge is 2.31. The molecule has 1 N–H and O–H groups in total. The lowest BCUT2D eigenvalue weighted by atomic mass is 10.1. The van der Waals surface area contributed by atoms with E-state index in [0.29, 0.717) is 18.8 Å². The molecule has 0 aliphatic heterocycles. The summed E-state index contributed by atoms with van der Waals surface area (Å²) in [5.41, 5.74) is 1.45. The number of nitrogens with one attached hydrogen (secondary N) is 1. The highest BCUT2D eigenvalue weighted by atomic mass is 32.2. The lowest BCUT2D eigenvalue weighted by molar-refractivity contribution is -0.139. The zero-order chi connectivity index (χ0) is 29.3. The van der Waals surface area contributed by atoms with Crippen molar-refractivity contribution in [3.8, 4) is 5.75 Å². The van der Waals surface area contributed by atoms with Crippen LogP contribution in [0.5, 0.6) is 5.75 Å². The highest BCUT2D eigenvalue weighted by molar-refractivity contribution is 7.92. The molecule has 0 fully saturated rings. The third-order valence-corrected chi connectivity index (χ3v) is 7.66. The van der Waals surface area contributed by atoms with E-state index in [1.165, 1.54) is 23.1 Å². The third kappa shape index (κ3) is 8.54. The van der Waals surface area contributed by atoms with Gasteiger partial charge in [-0.3, -0.25) is 13.9 Å². The lowest BCUT2D eigenvalue weighted by Crippen LogP contribution is -2.52. The molecule has 3 aromatic carbocycles. The van der Waals surface area contributed by atoms with E-state index >= 15 is 0 Å². The van der Waals surface area contributed by atoms with Crippen molar-refractivity contribution >= 4 is 27.5 Å². The molecular formula is C30H36FN3O5S. The molecule has 8 nitrogen and oxygen atoms in total. The number of benzene rings is 3. The first-order valence-electron chi connectivity index (χ1n) is 13.1. The van der Waals surface area contributed by atoms with Crippen LogP contribution in [0.3, 0.4) is 0 Å². The molecule has 3 aromatic rings. The van der Waals surface area contributed by atoms with Crippen LogP contribution >= 0.6 is 0 Å². The first-order chi connectivity index (χ1) is 19.0. The van der Waals surface area contributed by atoms with Crippen molar-refractivity contribution < 1.29 is 27.1 Å². The molecule has 0 radical (unpaired) electrons. The third-order valence-electron chi connectivity index (χ3n) is 6.52. The van der Waals surface area contributed by atoms with Crippen molar-refractivity contribution in [2.75, 3.05) is 17.1 Å². The van der Waals surface area contributed by atoms with E-state index in [-0.39, 0.29) is 23.8 Å². The second-order valence-corrected chi connectivity index (χ2v) is 11.6. The van der Waals surface area contributed by atoms with Crippen molar-refractivity contribution in [1.82, 2.24) is 10.2 Å². The molecule has 40 heavy (non-hydrogen) atoms. The van der Waals surface area contributed by atoms with Gasteiger partial charge >= 0.3 is 0 Å². The molecule has 2 amide bonds. The number of ether oxygens (including phenoxy) is 1. The molecule has 214 valence electrons. The fraction of sp³-hybridized carbons (Fsp3) is 0.333. The minimum atomic E-state index is -3.89. The van der Waals surface area contributed by atoms with Gasteiger partial charge in [0.25, 0.3) is 0 Å². The van der Waals surface area contributed by atoms with Crippen molar-refractivity contribution in [2.45, 2.75) is 52.4 Å². The lowest BCUT2D eigenvalue weighted by Gasteiger charge is -2.32. The molecule has 0 aliphatic rings. The monoisotopic (exact) mass is 569 g/mol. The van der Waals surface area contributed by atoms with Crippen LogP contribution in [0.25, 0.3) is 0 Å². The van der Waals surface area contributed by atoms with Crippen LogP contribution in [0, 0.1) is 5.82 Å². The van der Waals surface area contributed by atoms with Gasteiger partial charge in [0.05, 0.1) is 11.9 Å². The Bertz CT molecular complexity index is 1380. The maximum atomic E-state index is 14.5. The Labute approximate surface area is 235 Å². The number of nitrogens with zero attached hydrogens (tertiary/aromatic N) is 2. The Morgan fingerprint density at radius 3 is 2.17 bits per heavy atom. The van der Waals surface area contributed by atoms with Crippen LogP contribution in [0.1, 0.15) is 38.3 Å². The molecule has 0 spiro atoms. The number of hydrogen-bond acceptors (Lipinski definition) is 5. The highest BCUT2D eigenvalue weighted by Crippen LogP contribution is 2.23. The predicted octanol–water partition coefficient (Wildman–Crippen LogP) is 4.50. The van der Waals surface area contributed by atoms with Gasteiger partial charge in [0.1, 0.15) is 30.8 Å². The molecular weight excluding hydrogens is 533 g/mol. The maximum absolute atomic E-state index is 14.5. The second-order valence-electron chi connectivity index (χ2n) is 9.64. The summed E-state index contributed by atoms with van der Waals surface area (Å²) in [4.78, 5) is 27.8. The Morgan fingerprint density at radius 1 is 0.950 bits per heavy atom. The van der Waals surface area contributed by atoms with Crippen LogP contribution in [-0.2, 0) is 32.8 Å². The van der Waals surface area contributed by atoms with Gasteiger partial charge in [0, 0.05) is 18.2 Å². The number of carbonyl (C=O) groups is 2. The average molecular weight is 570 g/mol. The van der Waals surface area contributed by atoms with Gasteiger partial charge in [0.2, 0.25) is 21.8 Å². The van der Waals surface area contributed by atoms with Gasteiger partial charge in [0.15, 0.2) is 0 Å². The summed E-state index contributed by atoms with van der Waals surface area (Å²) in [6.07, 6.45) is 1.69. The largest absolute Gasteiger partial charge is 0.489 e. The normalized spacial score (nSPS) is 12.7. The van der Waals surface area contributed by atoms with Gasteiger partial charge in [-0.2, -0.15) is 0 Å². The zero-order valence-electron chi connectivity index (χ0n) is 23.2. The molecule has 0 heterocycles. The average Bonchev–Trinajstić information content (AvgIpc) is 2.94. The summed E-state index contributed by atoms with van der Waals surface area (Å²) in [7, 11) is -3.89. The smallest absolute Gasteiger partial charge is 0.244 e. The van der Waals surface area contributed by atoms with Gasteiger partial charge in [-0.05, 0) is 56.2 Å². The van der Waals surface area contributed by atoms with Gasteiger partial charge in [-0.25, -0.2) is 12.8 Å². The quantitative estimate of drug-likeness (QED) is 0.327. The van der Waals surface area contributed by atoms with E-state index in [1.54, 1.807) is 37.3 Å². The number of halogens is 1. The van der Waals surface area contributed by atoms with Crippen molar-refractivity contribution in [3.05, 3.63) is 95.8 Å². The van der Waals surface area contributed by atoms with Crippen LogP contribution in [-0.4, -0.2) is 50.0 Å². The van der Waals surface area contributed by atoms with E-state index in [1.807, 2.05) is 44.2 Å². The van der Waals surface area contributed by atoms with E-state index in [2.05, 4.69) is 5.32 Å². The summed E-state index contributed by atoms with van der Waals surface area (Å²) < 4.78 is 46.8. The van der Waals surface area contributed by atoms with Crippen LogP contribution < -0.4 is 14.4 Å². The molecule has 0 unspecified atom stereocenters. The van der Waals surface area contributed by atoms with Crippen molar-refractivity contribution in [1.29, 1.82) is 0 Å². The summed E-state index contributed by atoms with van der Waals surface area (Å²) in [5, 5.41) is 2.84. The number of sulfonamides is 1. The summed E-state index contributed by atoms with van der Waals surface area (Å²) in [6.45, 7) is 4.87. The fourth-order valence-corrected chi connectivity index (χ4v) is 4.77. The van der Waals surface area contributed by atoms with E-state index in [4.69, 9.17) is 4.74 Å². The summed E-state index contributed by atoms with van der Waals surface area (Å²) in [5.74, 6) is -1.06. The molecule has 3 rings (SSSR count). The van der Waals surface area contributed by atoms with Crippen molar-refractivity contribution in [2.24, 2.45) is 0 Å². The summed E-state index contributed by atoms with van der Waals surface area (Å²) in [6, 6.07) is 20.8. The Kier molecular flexibility index (Phi) is 10.7. The minimum Gasteiger partial charge on any atom is -0.489 e. The van der Waals surface area contributed by atoms with Gasteiger partial charge < -0.3 is 15.0 Å². The Balaban J connectivity index is 1.83. The van der Waals surface area contributed by atoms with Crippen molar-refractivity contribution in [3.63, 3.8) is 0 Å². The first kappa shape index (κ1) is 30.6. The van der Waals surface area contributed by atoms with Gasteiger partial charge in [-0.15, -0.1) is 0 Å². The molecule has 0 bridgehead atoms. The second kappa shape index (κ2) is 13.9. The molecule has 2 atom stereocenters. The number of amides is 2. The van der Waals surface area contributed by atoms with Crippen LogP contribution in [0.4, 0.5) is 10.1 Å². The molecule has 0 aromatic heterocycles. The number of rotatable bonds is 13. The van der Waals surface area contributed by atoms with Gasteiger partial charge in [-0.1, -0.05) is 55.5 Å². The molecule has 10 heteroatoms. The number of anilines is 1. The SMILES string of the molecule is CC[C@@H](C)NC(=O)[C@@H](C)N(Cc1ccccc1F)C(=O)CN(c1ccc(OCc2ccccc2)cc1)S(C)(=O)=O. The zero-order valence-corrected chi connectivity index (χ0v) is 24.0. The van der Waals surface area contributed by atoms with Crippen LogP contribution in [0.2, 0.25) is 0 Å². The predicted molar refractivity (Wildman–Crippen MR) is 154 cm³/mol. The fourth-order valence-electron chi connectivity index (χ4n) is 3.92. The van der Waals surface area contributed by atoms with Crippen LogP contribution in [0.15, 0.2) is 78.9 Å².